The molecule has 0 spiro atoms. The van der Waals surface area contributed by atoms with Crippen LogP contribution in [-0.2, 0) is 6.61 Å². The molecular formula is C21H18ClN3O3. The molecule has 1 aromatic heterocycles. The summed E-state index contributed by atoms with van der Waals surface area (Å²) in [6, 6.07) is 15.6. The normalized spacial score (nSPS) is 10.2. The summed E-state index contributed by atoms with van der Waals surface area (Å²) in [6.45, 7) is 2.27. The number of nitrogens with one attached hydrogen (secondary N) is 2. The number of carbonyl (C=O) groups is 2. The third kappa shape index (κ3) is 5.08. The standard InChI is InChI=1S/C21H18ClN3O3/c1-14-11-18(8-9-19(14)22)28-13-15-4-6-16(7-5-15)20(26)24-25-21(27)17-3-2-10-23-12-17/h2-12H,13H2,1H3,(H,24,26)(H,25,27). The number of carbonyl (C=O) groups excluding carboxylic acids is 2. The average molecular weight is 396 g/mol. The van der Waals surface area contributed by atoms with Crippen LogP contribution in [0.3, 0.4) is 0 Å². The molecule has 2 aromatic carbocycles. The summed E-state index contributed by atoms with van der Waals surface area (Å²) in [6.07, 6.45) is 2.98. The van der Waals surface area contributed by atoms with Crippen LogP contribution >= 0.6 is 11.6 Å². The Balaban J connectivity index is 1.52. The molecule has 0 aliphatic heterocycles. The van der Waals surface area contributed by atoms with Crippen molar-refractivity contribution in [2.45, 2.75) is 13.5 Å². The van der Waals surface area contributed by atoms with Crippen LogP contribution in [0.5, 0.6) is 5.75 Å². The first-order valence-electron chi connectivity index (χ1n) is 8.51. The lowest BCUT2D eigenvalue weighted by atomic mass is 10.1. The smallest absolute Gasteiger partial charge is 0.271 e. The van der Waals surface area contributed by atoms with Crippen LogP contribution < -0.4 is 15.6 Å². The van der Waals surface area contributed by atoms with Gasteiger partial charge in [-0.05, 0) is 60.5 Å². The number of pyridine rings is 1. The molecule has 1 heterocycles. The van der Waals surface area contributed by atoms with Gasteiger partial charge in [-0.25, -0.2) is 0 Å². The summed E-state index contributed by atoms with van der Waals surface area (Å²) < 4.78 is 5.73. The van der Waals surface area contributed by atoms with E-state index in [1.807, 2.05) is 19.1 Å². The van der Waals surface area contributed by atoms with Crippen molar-refractivity contribution in [3.05, 3.63) is 94.3 Å². The van der Waals surface area contributed by atoms with Gasteiger partial charge in [0.15, 0.2) is 0 Å². The van der Waals surface area contributed by atoms with Gasteiger partial charge in [0.05, 0.1) is 5.56 Å². The van der Waals surface area contributed by atoms with Gasteiger partial charge in [-0.15, -0.1) is 0 Å². The van der Waals surface area contributed by atoms with Gasteiger partial charge in [0, 0.05) is 23.0 Å². The first-order valence-corrected chi connectivity index (χ1v) is 8.89. The maximum atomic E-state index is 12.2. The van der Waals surface area contributed by atoms with Crippen molar-refractivity contribution in [1.82, 2.24) is 15.8 Å². The predicted molar refractivity (Wildman–Crippen MR) is 106 cm³/mol. The number of hydrogen-bond acceptors (Lipinski definition) is 4. The fourth-order valence-corrected chi connectivity index (χ4v) is 2.50. The number of ether oxygens (including phenoxy) is 1. The first kappa shape index (κ1) is 19.4. The molecule has 0 aliphatic rings. The maximum Gasteiger partial charge on any atom is 0.271 e. The molecule has 0 bridgehead atoms. The number of halogens is 1. The average Bonchev–Trinajstić information content (AvgIpc) is 2.73. The van der Waals surface area contributed by atoms with Crippen LogP contribution in [0.15, 0.2) is 67.0 Å². The highest BCUT2D eigenvalue weighted by Gasteiger charge is 2.09. The number of amides is 2. The van der Waals surface area contributed by atoms with Crippen molar-refractivity contribution in [1.29, 1.82) is 0 Å². The Morgan fingerprint density at radius 3 is 2.36 bits per heavy atom. The quantitative estimate of drug-likeness (QED) is 0.645. The molecule has 28 heavy (non-hydrogen) atoms. The largest absolute Gasteiger partial charge is 0.489 e. The second-order valence-electron chi connectivity index (χ2n) is 6.05. The zero-order chi connectivity index (χ0) is 19.9. The summed E-state index contributed by atoms with van der Waals surface area (Å²) >= 11 is 6.00. The Kier molecular flexibility index (Phi) is 6.24. The maximum absolute atomic E-state index is 12.2. The molecule has 0 saturated carbocycles. The Labute approximate surface area is 167 Å². The van der Waals surface area contributed by atoms with E-state index in [-0.39, 0.29) is 0 Å². The molecule has 0 atom stereocenters. The second-order valence-corrected chi connectivity index (χ2v) is 6.45. The SMILES string of the molecule is Cc1cc(OCc2ccc(C(=O)NNC(=O)c3cccnc3)cc2)ccc1Cl. The lowest BCUT2D eigenvalue weighted by Gasteiger charge is -2.09. The van der Waals surface area contributed by atoms with Crippen molar-refractivity contribution in [2.75, 3.05) is 0 Å². The molecule has 7 heteroatoms. The number of rotatable bonds is 5. The highest BCUT2D eigenvalue weighted by Crippen LogP contribution is 2.21. The van der Waals surface area contributed by atoms with E-state index in [1.54, 1.807) is 48.7 Å². The molecule has 0 saturated heterocycles. The van der Waals surface area contributed by atoms with Crippen molar-refractivity contribution >= 4 is 23.4 Å². The van der Waals surface area contributed by atoms with Gasteiger partial charge >= 0.3 is 0 Å². The van der Waals surface area contributed by atoms with E-state index in [0.717, 1.165) is 16.9 Å². The molecule has 3 rings (SSSR count). The fraction of sp³-hybridized carbons (Fsp3) is 0.0952. The van der Waals surface area contributed by atoms with Gasteiger partial charge in [-0.1, -0.05) is 23.7 Å². The lowest BCUT2D eigenvalue weighted by Crippen LogP contribution is -2.41. The van der Waals surface area contributed by atoms with Crippen molar-refractivity contribution in [3.8, 4) is 5.75 Å². The summed E-state index contributed by atoms with van der Waals surface area (Å²) in [5, 5.41) is 0.693. The third-order valence-electron chi connectivity index (χ3n) is 3.96. The van der Waals surface area contributed by atoms with Crippen LogP contribution in [0, 0.1) is 6.92 Å². The number of aromatic nitrogens is 1. The van der Waals surface area contributed by atoms with E-state index < -0.39 is 11.8 Å². The zero-order valence-corrected chi connectivity index (χ0v) is 15.9. The van der Waals surface area contributed by atoms with E-state index >= 15 is 0 Å². The Hall–Kier alpha value is -3.38. The number of benzene rings is 2. The van der Waals surface area contributed by atoms with Crippen LogP contribution in [0.4, 0.5) is 0 Å². The van der Waals surface area contributed by atoms with Gasteiger partial charge in [0.1, 0.15) is 12.4 Å². The van der Waals surface area contributed by atoms with E-state index in [0.29, 0.717) is 22.8 Å². The highest BCUT2D eigenvalue weighted by molar-refractivity contribution is 6.31. The van der Waals surface area contributed by atoms with Crippen LogP contribution in [0.1, 0.15) is 31.8 Å². The summed E-state index contributed by atoms with van der Waals surface area (Å²) in [5.74, 6) is -0.135. The molecule has 3 aromatic rings. The van der Waals surface area contributed by atoms with Crippen molar-refractivity contribution in [2.24, 2.45) is 0 Å². The molecule has 0 unspecified atom stereocenters. The van der Waals surface area contributed by atoms with Gasteiger partial charge in [0.2, 0.25) is 0 Å². The van der Waals surface area contributed by atoms with Gasteiger partial charge in [-0.3, -0.25) is 25.4 Å². The van der Waals surface area contributed by atoms with Crippen molar-refractivity contribution in [3.63, 3.8) is 0 Å². The number of hydrogen-bond donors (Lipinski definition) is 2. The summed E-state index contributed by atoms with van der Waals surface area (Å²) in [7, 11) is 0. The monoisotopic (exact) mass is 395 g/mol. The van der Waals surface area contributed by atoms with Gasteiger partial charge in [0.25, 0.3) is 11.8 Å². The Morgan fingerprint density at radius 2 is 1.71 bits per heavy atom. The molecule has 2 amide bonds. The second kappa shape index (κ2) is 9.01. The van der Waals surface area contributed by atoms with Crippen LogP contribution in [0.2, 0.25) is 5.02 Å². The van der Waals surface area contributed by atoms with Crippen LogP contribution in [0.25, 0.3) is 0 Å². The van der Waals surface area contributed by atoms with E-state index in [1.165, 1.54) is 6.20 Å². The highest BCUT2D eigenvalue weighted by atomic mass is 35.5. The number of aryl methyl sites for hydroxylation is 1. The van der Waals surface area contributed by atoms with Crippen LogP contribution in [-0.4, -0.2) is 16.8 Å². The van der Waals surface area contributed by atoms with Crippen molar-refractivity contribution < 1.29 is 14.3 Å². The minimum atomic E-state index is -0.440. The first-order chi connectivity index (χ1) is 13.5. The van der Waals surface area contributed by atoms with Gasteiger partial charge in [-0.2, -0.15) is 0 Å². The molecule has 0 aliphatic carbocycles. The predicted octanol–water partition coefficient (Wildman–Crippen LogP) is 3.70. The lowest BCUT2D eigenvalue weighted by molar-refractivity contribution is 0.0846. The Morgan fingerprint density at radius 1 is 1.00 bits per heavy atom. The fourth-order valence-electron chi connectivity index (χ4n) is 2.38. The molecular weight excluding hydrogens is 378 g/mol. The molecule has 142 valence electrons. The molecule has 2 N–H and O–H groups in total. The molecule has 0 fully saturated rings. The molecule has 0 radical (unpaired) electrons. The number of nitrogens with zero attached hydrogens (tertiary/aromatic N) is 1. The minimum absolute atomic E-state index is 0.354. The summed E-state index contributed by atoms with van der Waals surface area (Å²) in [5.41, 5.74) is 7.35. The van der Waals surface area contributed by atoms with E-state index in [9.17, 15) is 9.59 Å². The summed E-state index contributed by atoms with van der Waals surface area (Å²) in [4.78, 5) is 27.9. The zero-order valence-electron chi connectivity index (χ0n) is 15.1. The number of hydrazine groups is 1. The Bertz CT molecular complexity index is 976. The van der Waals surface area contributed by atoms with E-state index in [4.69, 9.17) is 16.3 Å². The third-order valence-corrected chi connectivity index (χ3v) is 4.39. The topological polar surface area (TPSA) is 80.3 Å². The van der Waals surface area contributed by atoms with E-state index in [2.05, 4.69) is 15.8 Å². The van der Waals surface area contributed by atoms with Gasteiger partial charge < -0.3 is 4.74 Å². The molecule has 6 nitrogen and oxygen atoms in total. The minimum Gasteiger partial charge on any atom is -0.489 e.